The molecule has 1 aliphatic rings. The van der Waals surface area contributed by atoms with Crippen molar-refractivity contribution < 1.29 is 9.53 Å². The first-order valence-electron chi connectivity index (χ1n) is 9.89. The molecule has 1 atom stereocenters. The topological polar surface area (TPSA) is 29.5 Å². The molecule has 1 amide bonds. The van der Waals surface area contributed by atoms with Crippen LogP contribution in [0.3, 0.4) is 0 Å². The van der Waals surface area contributed by atoms with Crippen molar-refractivity contribution in [3.63, 3.8) is 0 Å². The molecular weight excluding hydrogens is 414 g/mol. The van der Waals surface area contributed by atoms with Crippen LogP contribution in [0.1, 0.15) is 37.3 Å². The highest BCUT2D eigenvalue weighted by Gasteiger charge is 2.34. The van der Waals surface area contributed by atoms with E-state index in [4.69, 9.17) is 16.3 Å². The van der Waals surface area contributed by atoms with Gasteiger partial charge in [0.25, 0.3) is 0 Å². The molecule has 4 rings (SSSR count). The summed E-state index contributed by atoms with van der Waals surface area (Å²) in [6.07, 6.45) is 0. The van der Waals surface area contributed by atoms with Gasteiger partial charge in [-0.3, -0.25) is 9.69 Å². The lowest BCUT2D eigenvalue weighted by molar-refractivity contribution is -0.115. The van der Waals surface area contributed by atoms with Crippen LogP contribution < -0.4 is 9.64 Å². The fourth-order valence-electron chi connectivity index (χ4n) is 3.41. The number of halogens is 1. The largest absolute Gasteiger partial charge is 0.457 e. The third-order valence-electron chi connectivity index (χ3n) is 5.09. The minimum atomic E-state index is -0.0189. The molecule has 3 nitrogen and oxygen atoms in total. The lowest BCUT2D eigenvalue weighted by atomic mass is 9.86. The van der Waals surface area contributed by atoms with E-state index in [0.717, 1.165) is 17.0 Å². The van der Waals surface area contributed by atoms with E-state index in [0.29, 0.717) is 16.5 Å². The quantitative estimate of drug-likeness (QED) is 0.431. The molecule has 0 saturated carbocycles. The van der Waals surface area contributed by atoms with Crippen molar-refractivity contribution in [2.24, 2.45) is 0 Å². The van der Waals surface area contributed by atoms with Gasteiger partial charge in [-0.15, -0.1) is 11.8 Å². The molecule has 5 heteroatoms. The van der Waals surface area contributed by atoms with E-state index in [9.17, 15) is 4.79 Å². The molecule has 0 radical (unpaired) electrons. The van der Waals surface area contributed by atoms with E-state index in [1.54, 1.807) is 23.9 Å². The zero-order valence-electron chi connectivity index (χ0n) is 17.3. The van der Waals surface area contributed by atoms with Crippen molar-refractivity contribution in [1.82, 2.24) is 0 Å². The van der Waals surface area contributed by atoms with Gasteiger partial charge in [-0.2, -0.15) is 0 Å². The SMILES string of the molecule is CC(C)(C)c1ccc([C@H]2SCC(=O)N2c2ccc(Oc3ccc(Cl)cc3)cc2)cc1. The van der Waals surface area contributed by atoms with Crippen molar-refractivity contribution in [3.8, 4) is 11.5 Å². The first kappa shape index (κ1) is 20.8. The zero-order chi connectivity index (χ0) is 21.3. The Kier molecular flexibility index (Phi) is 5.81. The summed E-state index contributed by atoms with van der Waals surface area (Å²) in [5, 5.41) is 0.652. The summed E-state index contributed by atoms with van der Waals surface area (Å²) in [7, 11) is 0. The lowest BCUT2D eigenvalue weighted by Crippen LogP contribution is -2.27. The number of hydrogen-bond donors (Lipinski definition) is 0. The Bertz CT molecular complexity index is 1020. The highest BCUT2D eigenvalue weighted by molar-refractivity contribution is 8.00. The first-order chi connectivity index (χ1) is 14.3. The fourth-order valence-corrected chi connectivity index (χ4v) is 4.71. The summed E-state index contributed by atoms with van der Waals surface area (Å²) >= 11 is 7.58. The average molecular weight is 438 g/mol. The van der Waals surface area contributed by atoms with Gasteiger partial charge in [-0.25, -0.2) is 0 Å². The van der Waals surface area contributed by atoms with E-state index in [1.807, 2.05) is 41.3 Å². The second-order valence-electron chi connectivity index (χ2n) is 8.35. The van der Waals surface area contributed by atoms with Crippen molar-refractivity contribution in [2.75, 3.05) is 10.7 Å². The van der Waals surface area contributed by atoms with Gasteiger partial charge in [-0.1, -0.05) is 56.6 Å². The predicted molar refractivity (Wildman–Crippen MR) is 126 cm³/mol. The number of carbonyl (C=O) groups excluding carboxylic acids is 1. The van der Waals surface area contributed by atoms with Gasteiger partial charge in [0.2, 0.25) is 5.91 Å². The molecule has 0 unspecified atom stereocenters. The molecule has 1 aliphatic heterocycles. The number of ether oxygens (including phenoxy) is 1. The molecule has 1 fully saturated rings. The Balaban J connectivity index is 1.54. The number of thioether (sulfide) groups is 1. The van der Waals surface area contributed by atoms with Gasteiger partial charge in [-0.05, 0) is 65.1 Å². The number of benzene rings is 3. The number of nitrogens with zero attached hydrogens (tertiary/aromatic N) is 1. The molecule has 1 saturated heterocycles. The van der Waals surface area contributed by atoms with Gasteiger partial charge < -0.3 is 4.74 Å². The second-order valence-corrected chi connectivity index (χ2v) is 9.85. The summed E-state index contributed by atoms with van der Waals surface area (Å²) in [4.78, 5) is 14.5. The molecule has 0 aromatic heterocycles. The number of carbonyl (C=O) groups is 1. The van der Waals surface area contributed by atoms with Crippen LogP contribution in [0.2, 0.25) is 5.02 Å². The molecule has 3 aromatic carbocycles. The summed E-state index contributed by atoms with van der Waals surface area (Å²) in [5.74, 6) is 2.04. The maximum atomic E-state index is 12.7. The second kappa shape index (κ2) is 8.37. The van der Waals surface area contributed by atoms with Gasteiger partial charge in [0, 0.05) is 10.7 Å². The third-order valence-corrected chi connectivity index (χ3v) is 6.56. The van der Waals surface area contributed by atoms with Gasteiger partial charge in [0.1, 0.15) is 16.9 Å². The Hall–Kier alpha value is -2.43. The average Bonchev–Trinajstić information content (AvgIpc) is 3.11. The molecule has 0 N–H and O–H groups in total. The van der Waals surface area contributed by atoms with E-state index in [1.165, 1.54) is 5.56 Å². The van der Waals surface area contributed by atoms with Gasteiger partial charge >= 0.3 is 0 Å². The van der Waals surface area contributed by atoms with Crippen LogP contribution in [-0.4, -0.2) is 11.7 Å². The van der Waals surface area contributed by atoms with Gasteiger partial charge in [0.15, 0.2) is 0 Å². The van der Waals surface area contributed by atoms with E-state index in [2.05, 4.69) is 45.0 Å². The summed E-state index contributed by atoms with van der Waals surface area (Å²) < 4.78 is 5.87. The summed E-state index contributed by atoms with van der Waals surface area (Å²) in [6.45, 7) is 6.61. The minimum absolute atomic E-state index is 0.0189. The highest BCUT2D eigenvalue weighted by atomic mass is 35.5. The molecule has 0 spiro atoms. The monoisotopic (exact) mass is 437 g/mol. The fraction of sp³-hybridized carbons (Fsp3) is 0.240. The van der Waals surface area contributed by atoms with Crippen molar-refractivity contribution in [2.45, 2.75) is 31.6 Å². The lowest BCUT2D eigenvalue weighted by Gasteiger charge is -2.26. The molecule has 154 valence electrons. The normalized spacial score (nSPS) is 16.7. The molecular formula is C25H24ClNO2S. The molecule has 0 bridgehead atoms. The molecule has 1 heterocycles. The third kappa shape index (κ3) is 4.50. The summed E-state index contributed by atoms with van der Waals surface area (Å²) in [5.41, 5.74) is 3.41. The zero-order valence-corrected chi connectivity index (χ0v) is 18.8. The predicted octanol–water partition coefficient (Wildman–Crippen LogP) is 7.21. The van der Waals surface area contributed by atoms with E-state index >= 15 is 0 Å². The number of amides is 1. The Morgan fingerprint density at radius 1 is 0.900 bits per heavy atom. The molecule has 3 aromatic rings. The smallest absolute Gasteiger partial charge is 0.238 e. The van der Waals surface area contributed by atoms with Gasteiger partial charge in [0.05, 0.1) is 5.75 Å². The maximum Gasteiger partial charge on any atom is 0.238 e. The first-order valence-corrected chi connectivity index (χ1v) is 11.3. The Morgan fingerprint density at radius 3 is 2.03 bits per heavy atom. The van der Waals surface area contributed by atoms with Crippen molar-refractivity contribution in [3.05, 3.63) is 88.9 Å². The highest BCUT2D eigenvalue weighted by Crippen LogP contribution is 2.42. The Labute approximate surface area is 187 Å². The number of rotatable bonds is 4. The van der Waals surface area contributed by atoms with Crippen LogP contribution in [0.15, 0.2) is 72.8 Å². The number of anilines is 1. The summed E-state index contributed by atoms with van der Waals surface area (Å²) in [6, 6.07) is 23.5. The maximum absolute atomic E-state index is 12.7. The van der Waals surface area contributed by atoms with Crippen molar-refractivity contribution in [1.29, 1.82) is 0 Å². The van der Waals surface area contributed by atoms with Crippen molar-refractivity contribution >= 4 is 35.0 Å². The van der Waals surface area contributed by atoms with Crippen LogP contribution in [0, 0.1) is 0 Å². The van der Waals surface area contributed by atoms with Crippen LogP contribution >= 0.6 is 23.4 Å². The molecule has 30 heavy (non-hydrogen) atoms. The van der Waals surface area contributed by atoms with Crippen LogP contribution in [-0.2, 0) is 10.2 Å². The molecule has 0 aliphatic carbocycles. The van der Waals surface area contributed by atoms with E-state index in [-0.39, 0.29) is 16.7 Å². The number of hydrogen-bond acceptors (Lipinski definition) is 3. The Morgan fingerprint density at radius 2 is 1.47 bits per heavy atom. The van der Waals surface area contributed by atoms with Crippen LogP contribution in [0.4, 0.5) is 5.69 Å². The van der Waals surface area contributed by atoms with E-state index < -0.39 is 0 Å². The standard InChI is InChI=1S/C25H24ClNO2S/c1-25(2,3)18-6-4-17(5-7-18)24-27(23(28)16-30-24)20-10-14-22(15-11-20)29-21-12-8-19(26)9-13-21/h4-15,24H,16H2,1-3H3/t24-/m1/s1. The van der Waals surface area contributed by atoms with Crippen LogP contribution in [0.5, 0.6) is 11.5 Å². The minimum Gasteiger partial charge on any atom is -0.457 e. The van der Waals surface area contributed by atoms with Crippen LogP contribution in [0.25, 0.3) is 0 Å².